The van der Waals surface area contributed by atoms with Gasteiger partial charge < -0.3 is 10.6 Å². The molecule has 2 aliphatic rings. The lowest BCUT2D eigenvalue weighted by molar-refractivity contribution is -0.135. The van der Waals surface area contributed by atoms with Crippen LogP contribution in [-0.2, 0) is 4.79 Å². The zero-order valence-corrected chi connectivity index (χ0v) is 12.5. The van der Waals surface area contributed by atoms with Crippen LogP contribution in [0.5, 0.6) is 0 Å². The maximum absolute atomic E-state index is 12.4. The third-order valence-corrected chi connectivity index (χ3v) is 4.82. The average molecular weight is 267 g/mol. The third-order valence-electron chi connectivity index (χ3n) is 4.82. The molecule has 0 aromatic carbocycles. The maximum Gasteiger partial charge on any atom is 0.236 e. The Kier molecular flexibility index (Phi) is 5.22. The van der Waals surface area contributed by atoms with Crippen molar-refractivity contribution in [1.82, 2.24) is 9.80 Å². The number of carbonyl (C=O) groups is 1. The molecule has 2 rings (SSSR count). The molecule has 110 valence electrons. The fourth-order valence-corrected chi connectivity index (χ4v) is 3.60. The Morgan fingerprint density at radius 2 is 1.95 bits per heavy atom. The molecule has 0 radical (unpaired) electrons. The average Bonchev–Trinajstić information content (AvgIpc) is 2.39. The summed E-state index contributed by atoms with van der Waals surface area (Å²) < 4.78 is 0. The summed E-state index contributed by atoms with van der Waals surface area (Å²) in [4.78, 5) is 16.8. The monoisotopic (exact) mass is 267 g/mol. The molecule has 2 saturated heterocycles. The van der Waals surface area contributed by atoms with E-state index < -0.39 is 0 Å². The van der Waals surface area contributed by atoms with Crippen molar-refractivity contribution in [2.75, 3.05) is 32.7 Å². The summed E-state index contributed by atoms with van der Waals surface area (Å²) in [6.07, 6.45) is 4.86. The van der Waals surface area contributed by atoms with Gasteiger partial charge in [0, 0.05) is 25.7 Å². The number of likely N-dealkylation sites (tertiary alicyclic amines) is 2. The van der Waals surface area contributed by atoms with Gasteiger partial charge in [-0.25, -0.2) is 0 Å². The van der Waals surface area contributed by atoms with Crippen molar-refractivity contribution < 1.29 is 4.79 Å². The third kappa shape index (κ3) is 3.69. The van der Waals surface area contributed by atoms with Gasteiger partial charge >= 0.3 is 0 Å². The van der Waals surface area contributed by atoms with Crippen LogP contribution in [0.3, 0.4) is 0 Å². The van der Waals surface area contributed by atoms with Gasteiger partial charge in [0.15, 0.2) is 0 Å². The first-order valence-corrected chi connectivity index (χ1v) is 7.83. The normalized spacial score (nSPS) is 33.4. The predicted octanol–water partition coefficient (Wildman–Crippen LogP) is 1.30. The summed E-state index contributed by atoms with van der Waals surface area (Å²) >= 11 is 0. The highest BCUT2D eigenvalue weighted by Crippen LogP contribution is 2.23. The SMILES string of the molecule is CC1CCCN(C(=O)CN2CCCC(C)C2CN)C1. The molecule has 0 saturated carbocycles. The number of hydrogen-bond acceptors (Lipinski definition) is 3. The second-order valence-corrected chi connectivity index (χ2v) is 6.48. The van der Waals surface area contributed by atoms with E-state index in [1.165, 1.54) is 19.3 Å². The Morgan fingerprint density at radius 1 is 1.21 bits per heavy atom. The zero-order chi connectivity index (χ0) is 13.8. The van der Waals surface area contributed by atoms with Crippen molar-refractivity contribution >= 4 is 5.91 Å². The molecule has 4 heteroatoms. The molecular weight excluding hydrogens is 238 g/mol. The van der Waals surface area contributed by atoms with Crippen molar-refractivity contribution in [3.05, 3.63) is 0 Å². The maximum atomic E-state index is 12.4. The van der Waals surface area contributed by atoms with Crippen LogP contribution in [0.15, 0.2) is 0 Å². The first-order valence-electron chi connectivity index (χ1n) is 7.83. The van der Waals surface area contributed by atoms with E-state index in [0.717, 1.165) is 26.1 Å². The number of hydrogen-bond donors (Lipinski definition) is 1. The van der Waals surface area contributed by atoms with Gasteiger partial charge in [-0.3, -0.25) is 9.69 Å². The Hall–Kier alpha value is -0.610. The summed E-state index contributed by atoms with van der Waals surface area (Å²) in [5, 5.41) is 0. The molecule has 2 N–H and O–H groups in total. The van der Waals surface area contributed by atoms with Crippen molar-refractivity contribution in [1.29, 1.82) is 0 Å². The zero-order valence-electron chi connectivity index (χ0n) is 12.5. The van der Waals surface area contributed by atoms with Gasteiger partial charge in [-0.05, 0) is 44.1 Å². The van der Waals surface area contributed by atoms with Crippen LogP contribution in [0.1, 0.15) is 39.5 Å². The number of piperidine rings is 2. The molecule has 2 heterocycles. The highest BCUT2D eigenvalue weighted by Gasteiger charge is 2.30. The van der Waals surface area contributed by atoms with Crippen molar-refractivity contribution in [2.45, 2.75) is 45.6 Å². The first kappa shape index (κ1) is 14.8. The van der Waals surface area contributed by atoms with E-state index in [4.69, 9.17) is 5.73 Å². The Balaban J connectivity index is 1.89. The van der Waals surface area contributed by atoms with E-state index in [1.807, 2.05) is 0 Å². The molecule has 1 amide bonds. The minimum Gasteiger partial charge on any atom is -0.341 e. The lowest BCUT2D eigenvalue weighted by atomic mass is 9.90. The van der Waals surface area contributed by atoms with E-state index >= 15 is 0 Å². The van der Waals surface area contributed by atoms with Crippen LogP contribution in [0.2, 0.25) is 0 Å². The minimum absolute atomic E-state index is 0.305. The van der Waals surface area contributed by atoms with Gasteiger partial charge in [0.25, 0.3) is 0 Å². The molecule has 2 fully saturated rings. The van der Waals surface area contributed by atoms with Crippen LogP contribution < -0.4 is 5.73 Å². The lowest BCUT2D eigenvalue weighted by Gasteiger charge is -2.40. The van der Waals surface area contributed by atoms with Crippen molar-refractivity contribution in [2.24, 2.45) is 17.6 Å². The molecule has 4 nitrogen and oxygen atoms in total. The number of rotatable bonds is 3. The second-order valence-electron chi connectivity index (χ2n) is 6.48. The predicted molar refractivity (Wildman–Crippen MR) is 77.8 cm³/mol. The fourth-order valence-electron chi connectivity index (χ4n) is 3.60. The van der Waals surface area contributed by atoms with Crippen LogP contribution in [-0.4, -0.2) is 54.5 Å². The Morgan fingerprint density at radius 3 is 2.63 bits per heavy atom. The molecule has 0 bridgehead atoms. The molecular formula is C15H29N3O. The van der Waals surface area contributed by atoms with Gasteiger partial charge in [-0.2, -0.15) is 0 Å². The number of amides is 1. The summed E-state index contributed by atoms with van der Waals surface area (Å²) in [6, 6.07) is 0.389. The first-order chi connectivity index (χ1) is 9.11. The molecule has 3 unspecified atom stereocenters. The minimum atomic E-state index is 0.305. The Bertz CT molecular complexity index is 308. The van der Waals surface area contributed by atoms with Gasteiger partial charge in [-0.15, -0.1) is 0 Å². The molecule has 3 atom stereocenters. The van der Waals surface area contributed by atoms with E-state index in [2.05, 4.69) is 23.6 Å². The fraction of sp³-hybridized carbons (Fsp3) is 0.933. The van der Waals surface area contributed by atoms with Gasteiger partial charge in [0.05, 0.1) is 6.54 Å². The van der Waals surface area contributed by atoms with Crippen LogP contribution in [0.25, 0.3) is 0 Å². The number of carbonyl (C=O) groups excluding carboxylic acids is 1. The van der Waals surface area contributed by atoms with E-state index in [0.29, 0.717) is 36.9 Å². The summed E-state index contributed by atoms with van der Waals surface area (Å²) in [5.41, 5.74) is 5.89. The molecule has 2 aliphatic heterocycles. The largest absolute Gasteiger partial charge is 0.341 e. The molecule has 0 aromatic heterocycles. The van der Waals surface area contributed by atoms with E-state index in [1.54, 1.807) is 0 Å². The van der Waals surface area contributed by atoms with E-state index in [-0.39, 0.29) is 0 Å². The lowest BCUT2D eigenvalue weighted by Crippen LogP contribution is -2.53. The second kappa shape index (κ2) is 6.71. The molecule has 0 spiro atoms. The van der Waals surface area contributed by atoms with E-state index in [9.17, 15) is 4.79 Å². The highest BCUT2D eigenvalue weighted by atomic mass is 16.2. The smallest absolute Gasteiger partial charge is 0.236 e. The summed E-state index contributed by atoms with van der Waals surface area (Å²) in [6.45, 7) is 8.66. The van der Waals surface area contributed by atoms with Crippen molar-refractivity contribution in [3.63, 3.8) is 0 Å². The highest BCUT2D eigenvalue weighted by molar-refractivity contribution is 5.78. The number of nitrogens with two attached hydrogens (primary N) is 1. The van der Waals surface area contributed by atoms with Crippen LogP contribution >= 0.6 is 0 Å². The van der Waals surface area contributed by atoms with Gasteiger partial charge in [0.2, 0.25) is 5.91 Å². The topological polar surface area (TPSA) is 49.6 Å². The summed E-state index contributed by atoms with van der Waals surface area (Å²) in [5.74, 6) is 1.58. The molecule has 19 heavy (non-hydrogen) atoms. The van der Waals surface area contributed by atoms with Crippen LogP contribution in [0.4, 0.5) is 0 Å². The van der Waals surface area contributed by atoms with Gasteiger partial charge in [-0.1, -0.05) is 13.8 Å². The number of nitrogens with zero attached hydrogens (tertiary/aromatic N) is 2. The standard InChI is InChI=1S/C15H29N3O/c1-12-5-3-8-18(10-12)15(19)11-17-7-4-6-13(2)14(17)9-16/h12-14H,3-11,16H2,1-2H3. The van der Waals surface area contributed by atoms with Gasteiger partial charge in [0.1, 0.15) is 0 Å². The summed E-state index contributed by atoms with van der Waals surface area (Å²) in [7, 11) is 0. The Labute approximate surface area is 117 Å². The van der Waals surface area contributed by atoms with Crippen molar-refractivity contribution in [3.8, 4) is 0 Å². The van der Waals surface area contributed by atoms with Crippen LogP contribution in [0, 0.1) is 11.8 Å². The quantitative estimate of drug-likeness (QED) is 0.838. The molecule has 0 aromatic rings. The molecule has 0 aliphatic carbocycles.